The molecular weight excluding hydrogens is 265 g/mol. The lowest BCUT2D eigenvalue weighted by atomic mass is 10.1. The number of anilines is 1. The van der Waals surface area contributed by atoms with E-state index in [1.807, 2.05) is 11.9 Å². The first-order valence-corrected chi connectivity index (χ1v) is 7.39. The van der Waals surface area contributed by atoms with E-state index in [1.54, 1.807) is 23.9 Å². The van der Waals surface area contributed by atoms with E-state index in [1.165, 1.54) is 6.07 Å². The van der Waals surface area contributed by atoms with Crippen molar-refractivity contribution in [1.82, 2.24) is 0 Å². The molecule has 0 aliphatic carbocycles. The van der Waals surface area contributed by atoms with Crippen LogP contribution < -0.4 is 10.6 Å². The summed E-state index contributed by atoms with van der Waals surface area (Å²) in [5.41, 5.74) is 6.32. The molecule has 1 aromatic rings. The average Bonchev–Trinajstić information content (AvgIpc) is 2.42. The maximum absolute atomic E-state index is 14.0. The maximum atomic E-state index is 14.0. The molecule has 3 N–H and O–H groups in total. The summed E-state index contributed by atoms with van der Waals surface area (Å²) in [6, 6.07) is 4.82. The van der Waals surface area contributed by atoms with E-state index in [2.05, 4.69) is 18.3 Å². The van der Waals surface area contributed by atoms with Crippen LogP contribution >= 0.6 is 11.8 Å². The van der Waals surface area contributed by atoms with Crippen molar-refractivity contribution in [1.29, 1.82) is 0 Å². The monoisotopic (exact) mass is 285 g/mol. The Balaban J connectivity index is 2.90. The number of hydrogen-bond donors (Lipinski definition) is 2. The van der Waals surface area contributed by atoms with Gasteiger partial charge in [0.25, 0.3) is 0 Å². The summed E-state index contributed by atoms with van der Waals surface area (Å²) < 4.78 is 14.0. The molecule has 106 valence electrons. The lowest BCUT2D eigenvalue weighted by molar-refractivity contribution is 0.318. The molecular formula is C13H20FN3OS. The summed E-state index contributed by atoms with van der Waals surface area (Å²) in [7, 11) is 1.87. The molecule has 0 saturated heterocycles. The SMILES string of the molecule is CSCCC(C)N(C)c1ccc(/C(N)=N/O)cc1F. The Labute approximate surface area is 117 Å². The summed E-state index contributed by atoms with van der Waals surface area (Å²) >= 11 is 1.78. The Hall–Kier alpha value is -1.43. The molecule has 6 heteroatoms. The fraction of sp³-hybridized carbons (Fsp3) is 0.462. The molecule has 4 nitrogen and oxygen atoms in total. The largest absolute Gasteiger partial charge is 0.409 e. The molecule has 1 aromatic carbocycles. The normalized spacial score (nSPS) is 13.4. The Morgan fingerprint density at radius 3 is 2.79 bits per heavy atom. The second-order valence-corrected chi connectivity index (χ2v) is 5.38. The van der Waals surface area contributed by atoms with Crippen LogP contribution in [0.5, 0.6) is 0 Å². The highest BCUT2D eigenvalue weighted by molar-refractivity contribution is 7.98. The van der Waals surface area contributed by atoms with Crippen LogP contribution in [0.1, 0.15) is 18.9 Å². The molecule has 0 aromatic heterocycles. The molecule has 0 bridgehead atoms. The fourth-order valence-corrected chi connectivity index (χ4v) is 2.31. The van der Waals surface area contributed by atoms with E-state index in [0.717, 1.165) is 12.2 Å². The number of rotatable bonds is 6. The smallest absolute Gasteiger partial charge is 0.170 e. The Morgan fingerprint density at radius 1 is 1.58 bits per heavy atom. The zero-order chi connectivity index (χ0) is 14.4. The third-order valence-corrected chi connectivity index (χ3v) is 3.78. The number of nitrogens with two attached hydrogens (primary N) is 1. The van der Waals surface area contributed by atoms with Crippen LogP contribution in [0.4, 0.5) is 10.1 Å². The molecule has 0 aliphatic rings. The topological polar surface area (TPSA) is 61.8 Å². The second-order valence-electron chi connectivity index (χ2n) is 4.39. The minimum absolute atomic E-state index is 0.0939. The van der Waals surface area contributed by atoms with Crippen LogP contribution in [0.15, 0.2) is 23.4 Å². The van der Waals surface area contributed by atoms with Gasteiger partial charge in [-0.1, -0.05) is 5.16 Å². The lowest BCUT2D eigenvalue weighted by Crippen LogP contribution is -2.30. The zero-order valence-corrected chi connectivity index (χ0v) is 12.2. The van der Waals surface area contributed by atoms with Gasteiger partial charge in [-0.3, -0.25) is 0 Å². The van der Waals surface area contributed by atoms with E-state index >= 15 is 0 Å². The van der Waals surface area contributed by atoms with Gasteiger partial charge in [-0.15, -0.1) is 0 Å². The molecule has 1 unspecified atom stereocenters. The van der Waals surface area contributed by atoms with Gasteiger partial charge in [0.05, 0.1) is 5.69 Å². The summed E-state index contributed by atoms with van der Waals surface area (Å²) in [6.45, 7) is 2.06. The first-order valence-electron chi connectivity index (χ1n) is 6.00. The van der Waals surface area contributed by atoms with Gasteiger partial charge in [-0.05, 0) is 43.6 Å². The molecule has 1 rings (SSSR count). The van der Waals surface area contributed by atoms with E-state index in [0.29, 0.717) is 11.3 Å². The second kappa shape index (κ2) is 7.23. The third-order valence-electron chi connectivity index (χ3n) is 3.13. The summed E-state index contributed by atoms with van der Waals surface area (Å²) in [5.74, 6) is 0.570. The van der Waals surface area contributed by atoms with Crippen LogP contribution in [0.2, 0.25) is 0 Å². The Kier molecular flexibility index (Phi) is 5.95. The van der Waals surface area contributed by atoms with E-state index in [4.69, 9.17) is 10.9 Å². The first-order chi connectivity index (χ1) is 9.01. The first kappa shape index (κ1) is 15.6. The quantitative estimate of drug-likeness (QED) is 0.365. The average molecular weight is 285 g/mol. The standard InChI is InChI=1S/C13H20FN3OS/c1-9(6-7-19-3)17(2)12-5-4-10(8-11(12)14)13(15)16-18/h4-5,8-9,18H,6-7H2,1-3H3,(H2,15,16). The molecule has 0 heterocycles. The van der Waals surface area contributed by atoms with E-state index < -0.39 is 0 Å². The number of hydrogen-bond acceptors (Lipinski definition) is 4. The van der Waals surface area contributed by atoms with Gasteiger partial charge in [-0.2, -0.15) is 11.8 Å². The molecule has 0 spiro atoms. The Bertz CT molecular complexity index is 454. The van der Waals surface area contributed by atoms with Crippen LogP contribution in [0.3, 0.4) is 0 Å². The molecule has 0 fully saturated rings. The Morgan fingerprint density at radius 2 is 2.26 bits per heavy atom. The van der Waals surface area contributed by atoms with Crippen molar-refractivity contribution in [2.24, 2.45) is 10.9 Å². The van der Waals surface area contributed by atoms with Crippen molar-refractivity contribution in [2.75, 3.05) is 24.0 Å². The highest BCUT2D eigenvalue weighted by Crippen LogP contribution is 2.22. The van der Waals surface area contributed by atoms with Gasteiger partial charge >= 0.3 is 0 Å². The molecule has 0 radical (unpaired) electrons. The third kappa shape index (κ3) is 4.02. The van der Waals surface area contributed by atoms with Crippen molar-refractivity contribution in [3.8, 4) is 0 Å². The minimum atomic E-state index is -0.373. The van der Waals surface area contributed by atoms with E-state index in [9.17, 15) is 4.39 Å². The van der Waals surface area contributed by atoms with Gasteiger partial charge in [-0.25, -0.2) is 4.39 Å². The van der Waals surface area contributed by atoms with Gasteiger partial charge < -0.3 is 15.8 Å². The lowest BCUT2D eigenvalue weighted by Gasteiger charge is -2.27. The molecule has 19 heavy (non-hydrogen) atoms. The van der Waals surface area contributed by atoms with Crippen molar-refractivity contribution in [3.05, 3.63) is 29.6 Å². The van der Waals surface area contributed by atoms with Crippen molar-refractivity contribution >= 4 is 23.3 Å². The predicted molar refractivity (Wildman–Crippen MR) is 79.8 cm³/mol. The highest BCUT2D eigenvalue weighted by atomic mass is 32.2. The van der Waals surface area contributed by atoms with E-state index in [-0.39, 0.29) is 17.7 Å². The van der Waals surface area contributed by atoms with Gasteiger partial charge in [0.2, 0.25) is 0 Å². The molecule has 0 aliphatic heterocycles. The minimum Gasteiger partial charge on any atom is -0.409 e. The number of nitrogens with zero attached hydrogens (tertiary/aromatic N) is 2. The number of benzene rings is 1. The summed E-state index contributed by atoms with van der Waals surface area (Å²) in [5, 5.41) is 11.4. The zero-order valence-electron chi connectivity index (χ0n) is 11.4. The predicted octanol–water partition coefficient (Wildman–Crippen LogP) is 2.50. The fourth-order valence-electron chi connectivity index (χ4n) is 1.73. The molecule has 1 atom stereocenters. The summed E-state index contributed by atoms with van der Waals surface area (Å²) in [4.78, 5) is 1.90. The highest BCUT2D eigenvalue weighted by Gasteiger charge is 2.14. The maximum Gasteiger partial charge on any atom is 0.170 e. The van der Waals surface area contributed by atoms with Crippen LogP contribution in [-0.4, -0.2) is 36.1 Å². The number of amidine groups is 1. The molecule has 0 saturated carbocycles. The van der Waals surface area contributed by atoms with Crippen LogP contribution in [0, 0.1) is 5.82 Å². The number of halogens is 1. The number of thioether (sulfide) groups is 1. The van der Waals surface area contributed by atoms with Crippen molar-refractivity contribution in [3.63, 3.8) is 0 Å². The van der Waals surface area contributed by atoms with Gasteiger partial charge in [0.15, 0.2) is 5.84 Å². The van der Waals surface area contributed by atoms with Gasteiger partial charge in [0.1, 0.15) is 5.82 Å². The number of oxime groups is 1. The van der Waals surface area contributed by atoms with Crippen LogP contribution in [0.25, 0.3) is 0 Å². The van der Waals surface area contributed by atoms with Gasteiger partial charge in [0, 0.05) is 18.7 Å². The van der Waals surface area contributed by atoms with Crippen LogP contribution in [-0.2, 0) is 0 Å². The van der Waals surface area contributed by atoms with Crippen molar-refractivity contribution in [2.45, 2.75) is 19.4 Å². The molecule has 0 amide bonds. The van der Waals surface area contributed by atoms with Crippen molar-refractivity contribution < 1.29 is 9.60 Å². The summed E-state index contributed by atoms with van der Waals surface area (Å²) in [6.07, 6.45) is 3.04.